The Balaban J connectivity index is 2.31. The zero-order chi connectivity index (χ0) is 15.7. The molecule has 0 spiro atoms. The van der Waals surface area contributed by atoms with E-state index >= 15 is 0 Å². The Morgan fingerprint density at radius 2 is 2.10 bits per heavy atom. The van der Waals surface area contributed by atoms with E-state index in [0.29, 0.717) is 6.07 Å². The number of β-amino-alcohol motifs (C(OH)–C–C–N with tert-alkyl or cyclic N) is 1. The number of benzene rings is 1. The van der Waals surface area contributed by atoms with Crippen molar-refractivity contribution in [2.75, 3.05) is 6.54 Å². The first-order valence-electron chi connectivity index (χ1n) is 5.97. The Kier molecular flexibility index (Phi) is 3.85. The summed E-state index contributed by atoms with van der Waals surface area (Å²) in [5.41, 5.74) is -0.985. The number of amides is 1. The van der Waals surface area contributed by atoms with Gasteiger partial charge in [-0.1, -0.05) is 0 Å². The van der Waals surface area contributed by atoms with Crippen molar-refractivity contribution in [1.29, 1.82) is 0 Å². The molecular formula is C12H11FN2O6. The largest absolute Gasteiger partial charge is 0.480 e. The van der Waals surface area contributed by atoms with Crippen LogP contribution < -0.4 is 0 Å². The molecule has 2 N–H and O–H groups in total. The first-order valence-corrected chi connectivity index (χ1v) is 5.97. The molecule has 0 radical (unpaired) electrons. The van der Waals surface area contributed by atoms with Crippen LogP contribution in [0, 0.1) is 15.9 Å². The van der Waals surface area contributed by atoms with Gasteiger partial charge in [0.15, 0.2) is 0 Å². The fraction of sp³-hybridized carbons (Fsp3) is 0.333. The van der Waals surface area contributed by atoms with Gasteiger partial charge in [0.25, 0.3) is 11.6 Å². The van der Waals surface area contributed by atoms with E-state index in [2.05, 4.69) is 0 Å². The van der Waals surface area contributed by atoms with Gasteiger partial charge in [0.1, 0.15) is 11.9 Å². The third-order valence-corrected chi connectivity index (χ3v) is 3.22. The number of halogens is 1. The number of aliphatic hydroxyl groups is 1. The molecule has 1 aromatic rings. The normalized spacial score (nSPS) is 21.3. The van der Waals surface area contributed by atoms with E-state index in [0.717, 1.165) is 17.0 Å². The number of carboxylic acid groups (broad SMARTS) is 1. The summed E-state index contributed by atoms with van der Waals surface area (Å²) in [6.07, 6.45) is -1.15. The van der Waals surface area contributed by atoms with Gasteiger partial charge in [0.05, 0.1) is 22.7 Å². The maximum absolute atomic E-state index is 13.8. The zero-order valence-electron chi connectivity index (χ0n) is 10.6. The summed E-state index contributed by atoms with van der Waals surface area (Å²) in [7, 11) is 0. The first kappa shape index (κ1) is 14.9. The number of hydrogen-bond donors (Lipinski definition) is 2. The second kappa shape index (κ2) is 5.44. The number of likely N-dealkylation sites (tertiary alicyclic amines) is 1. The second-order valence-electron chi connectivity index (χ2n) is 4.62. The lowest BCUT2D eigenvalue weighted by Crippen LogP contribution is -2.40. The topological polar surface area (TPSA) is 121 Å². The number of hydrogen-bond acceptors (Lipinski definition) is 5. The Morgan fingerprint density at radius 3 is 2.62 bits per heavy atom. The highest BCUT2D eigenvalue weighted by molar-refractivity contribution is 5.97. The van der Waals surface area contributed by atoms with Gasteiger partial charge in [0, 0.05) is 19.0 Å². The van der Waals surface area contributed by atoms with Crippen molar-refractivity contribution in [3.8, 4) is 0 Å². The molecule has 8 nitrogen and oxygen atoms in total. The molecule has 2 rings (SSSR count). The molecule has 0 bridgehead atoms. The highest BCUT2D eigenvalue weighted by Crippen LogP contribution is 2.24. The minimum Gasteiger partial charge on any atom is -0.480 e. The number of carbonyl (C=O) groups excluding carboxylic acids is 1. The van der Waals surface area contributed by atoms with E-state index in [9.17, 15) is 29.2 Å². The molecule has 0 aromatic heterocycles. The van der Waals surface area contributed by atoms with Crippen LogP contribution in [0.25, 0.3) is 0 Å². The Hall–Kier alpha value is -2.55. The third kappa shape index (κ3) is 2.82. The van der Waals surface area contributed by atoms with Crippen LogP contribution in [0.3, 0.4) is 0 Å². The summed E-state index contributed by atoms with van der Waals surface area (Å²) >= 11 is 0. The van der Waals surface area contributed by atoms with Crippen LogP contribution in [-0.4, -0.2) is 50.6 Å². The Labute approximate surface area is 117 Å². The minimum atomic E-state index is -1.30. The summed E-state index contributed by atoms with van der Waals surface area (Å²) in [5.74, 6) is -3.34. The third-order valence-electron chi connectivity index (χ3n) is 3.22. The number of nitro groups is 1. The molecule has 2 atom stereocenters. The Morgan fingerprint density at radius 1 is 1.43 bits per heavy atom. The summed E-state index contributed by atoms with van der Waals surface area (Å²) in [5, 5.41) is 29.0. The smallest absolute Gasteiger partial charge is 0.326 e. The Bertz CT molecular complexity index is 620. The molecule has 0 saturated carbocycles. The van der Waals surface area contributed by atoms with Crippen LogP contribution in [0.15, 0.2) is 18.2 Å². The molecule has 1 aromatic carbocycles. The quantitative estimate of drug-likeness (QED) is 0.615. The fourth-order valence-electron chi connectivity index (χ4n) is 2.22. The number of non-ortho nitro benzene ring substituents is 1. The van der Waals surface area contributed by atoms with Crippen LogP contribution in [0.4, 0.5) is 10.1 Å². The lowest BCUT2D eigenvalue weighted by Gasteiger charge is -2.21. The maximum atomic E-state index is 13.8. The van der Waals surface area contributed by atoms with Gasteiger partial charge >= 0.3 is 5.97 Å². The van der Waals surface area contributed by atoms with Crippen LogP contribution in [0.2, 0.25) is 0 Å². The van der Waals surface area contributed by atoms with Crippen LogP contribution in [0.1, 0.15) is 16.8 Å². The molecule has 9 heteroatoms. The van der Waals surface area contributed by atoms with Crippen LogP contribution in [-0.2, 0) is 4.79 Å². The molecule has 112 valence electrons. The predicted octanol–water partition coefficient (Wildman–Crippen LogP) is 0.394. The average Bonchev–Trinajstić information content (AvgIpc) is 2.80. The number of aliphatic hydroxyl groups excluding tert-OH is 1. The lowest BCUT2D eigenvalue weighted by molar-refractivity contribution is -0.385. The average molecular weight is 298 g/mol. The molecule has 21 heavy (non-hydrogen) atoms. The first-order chi connectivity index (χ1) is 9.81. The van der Waals surface area contributed by atoms with Crippen molar-refractivity contribution in [2.24, 2.45) is 0 Å². The number of rotatable bonds is 3. The van der Waals surface area contributed by atoms with E-state index in [1.807, 2.05) is 0 Å². The number of aliphatic carboxylic acids is 1. The minimum absolute atomic E-state index is 0.143. The number of carboxylic acids is 1. The monoisotopic (exact) mass is 298 g/mol. The molecule has 1 aliphatic rings. The molecule has 1 heterocycles. The summed E-state index contributed by atoms with van der Waals surface area (Å²) in [6, 6.07) is 1.23. The molecule has 1 fully saturated rings. The van der Waals surface area contributed by atoms with Crippen LogP contribution in [0.5, 0.6) is 0 Å². The molecule has 1 aliphatic heterocycles. The van der Waals surface area contributed by atoms with E-state index in [1.54, 1.807) is 0 Å². The number of nitro benzene ring substituents is 1. The number of carbonyl (C=O) groups is 2. The highest BCUT2D eigenvalue weighted by Gasteiger charge is 2.40. The predicted molar refractivity (Wildman–Crippen MR) is 66.1 cm³/mol. The molecular weight excluding hydrogens is 287 g/mol. The van der Waals surface area contributed by atoms with Gasteiger partial charge in [0.2, 0.25) is 0 Å². The van der Waals surface area contributed by atoms with Gasteiger partial charge < -0.3 is 15.1 Å². The van der Waals surface area contributed by atoms with Crippen molar-refractivity contribution in [1.82, 2.24) is 4.90 Å². The second-order valence-corrected chi connectivity index (χ2v) is 4.62. The van der Waals surface area contributed by atoms with E-state index < -0.39 is 46.0 Å². The van der Waals surface area contributed by atoms with Crippen molar-refractivity contribution < 1.29 is 29.1 Å². The van der Waals surface area contributed by atoms with Crippen molar-refractivity contribution in [3.05, 3.63) is 39.7 Å². The van der Waals surface area contributed by atoms with E-state index in [-0.39, 0.29) is 13.0 Å². The highest BCUT2D eigenvalue weighted by atomic mass is 19.1. The summed E-state index contributed by atoms with van der Waals surface area (Å²) in [6.45, 7) is -0.230. The summed E-state index contributed by atoms with van der Waals surface area (Å²) in [4.78, 5) is 33.7. The van der Waals surface area contributed by atoms with Crippen molar-refractivity contribution in [3.63, 3.8) is 0 Å². The van der Waals surface area contributed by atoms with Crippen molar-refractivity contribution in [2.45, 2.75) is 18.6 Å². The summed E-state index contributed by atoms with van der Waals surface area (Å²) < 4.78 is 13.8. The van der Waals surface area contributed by atoms with E-state index in [4.69, 9.17) is 5.11 Å². The zero-order valence-corrected chi connectivity index (χ0v) is 10.6. The van der Waals surface area contributed by atoms with Crippen LogP contribution >= 0.6 is 0 Å². The molecule has 1 saturated heterocycles. The van der Waals surface area contributed by atoms with Gasteiger partial charge in [-0.2, -0.15) is 0 Å². The molecule has 0 aliphatic carbocycles. The van der Waals surface area contributed by atoms with E-state index in [1.165, 1.54) is 0 Å². The standard InChI is InChI=1S/C12H11FN2O6/c13-9-3-6(15(20)21)1-2-8(9)11(17)14-5-7(16)4-10(14)12(18)19/h1-3,7,10,16H,4-5H2,(H,18,19)/t7-,10+/m1/s1. The molecule has 1 amide bonds. The van der Waals surface area contributed by atoms with Gasteiger partial charge in [-0.25, -0.2) is 9.18 Å². The number of nitrogens with zero attached hydrogens (tertiary/aromatic N) is 2. The van der Waals surface area contributed by atoms with Gasteiger partial charge in [-0.3, -0.25) is 14.9 Å². The van der Waals surface area contributed by atoms with Crippen molar-refractivity contribution >= 4 is 17.6 Å². The lowest BCUT2D eigenvalue weighted by atomic mass is 10.1. The maximum Gasteiger partial charge on any atom is 0.326 e. The molecule has 0 unspecified atom stereocenters. The SMILES string of the molecule is O=C(O)[C@@H]1C[C@@H](O)CN1C(=O)c1ccc([N+](=O)[O-])cc1F. The van der Waals surface area contributed by atoms with Gasteiger partial charge in [-0.05, 0) is 6.07 Å². The van der Waals surface area contributed by atoms with Gasteiger partial charge in [-0.15, -0.1) is 0 Å². The fourth-order valence-corrected chi connectivity index (χ4v) is 2.22.